The molecule has 0 aromatic carbocycles. The molecule has 0 bridgehead atoms. The molecule has 0 saturated heterocycles. The summed E-state index contributed by atoms with van der Waals surface area (Å²) >= 11 is 0. The first-order valence-corrected chi connectivity index (χ1v) is 5.46. The number of rotatable bonds is 3. The van der Waals surface area contributed by atoms with E-state index in [-0.39, 0.29) is 10.8 Å². The zero-order chi connectivity index (χ0) is 9.19. The van der Waals surface area contributed by atoms with Gasteiger partial charge >= 0.3 is 6.03 Å². The van der Waals surface area contributed by atoms with Crippen molar-refractivity contribution in [2.75, 3.05) is 19.8 Å². The van der Waals surface area contributed by atoms with Gasteiger partial charge < -0.3 is 10.6 Å². The molecule has 1 atom stereocenters. The Morgan fingerprint density at radius 1 is 1.58 bits per heavy atom. The fourth-order valence-electron chi connectivity index (χ4n) is 1.04. The maximum atomic E-state index is 11.2. The monoisotopic (exact) mass is 190 g/mol. The van der Waals surface area contributed by atoms with Gasteiger partial charge in [0.2, 0.25) is 0 Å². The lowest BCUT2D eigenvalue weighted by Crippen LogP contribution is -2.40. The van der Waals surface area contributed by atoms with Crippen LogP contribution in [0.25, 0.3) is 0 Å². The molecule has 1 aliphatic rings. The summed E-state index contributed by atoms with van der Waals surface area (Å²) in [6.07, 6.45) is 3.61. The third-order valence-electron chi connectivity index (χ3n) is 2.22. The summed E-state index contributed by atoms with van der Waals surface area (Å²) in [5.41, 5.74) is 0. The van der Waals surface area contributed by atoms with Crippen molar-refractivity contribution in [3.63, 3.8) is 0 Å². The minimum atomic E-state index is -0.826. The number of urea groups is 1. The molecule has 1 aliphatic carbocycles. The lowest BCUT2D eigenvalue weighted by atomic mass is 10.4. The Labute approximate surface area is 74.6 Å². The van der Waals surface area contributed by atoms with E-state index < -0.39 is 10.8 Å². The van der Waals surface area contributed by atoms with Gasteiger partial charge in [0.05, 0.1) is 4.75 Å². The number of nitrogens with one attached hydrogen (secondary N) is 2. The van der Waals surface area contributed by atoms with Crippen molar-refractivity contribution in [1.29, 1.82) is 0 Å². The largest absolute Gasteiger partial charge is 0.341 e. The first-order chi connectivity index (χ1) is 5.60. The summed E-state index contributed by atoms with van der Waals surface area (Å²) in [4.78, 5) is 10.8. The molecule has 70 valence electrons. The summed E-state index contributed by atoms with van der Waals surface area (Å²) in [5.74, 6) is 0. The van der Waals surface area contributed by atoms with Gasteiger partial charge in [-0.3, -0.25) is 4.21 Å². The molecule has 1 fully saturated rings. The fraction of sp³-hybridized carbons (Fsp3) is 0.857. The van der Waals surface area contributed by atoms with Crippen LogP contribution in [-0.2, 0) is 10.8 Å². The SMILES string of the molecule is CNC(=O)NCC1(S(C)=O)CC1. The molecular weight excluding hydrogens is 176 g/mol. The van der Waals surface area contributed by atoms with Crippen LogP contribution in [0.15, 0.2) is 0 Å². The highest BCUT2D eigenvalue weighted by molar-refractivity contribution is 7.86. The predicted molar refractivity (Wildman–Crippen MR) is 48.5 cm³/mol. The maximum Gasteiger partial charge on any atom is 0.314 e. The summed E-state index contributed by atoms with van der Waals surface area (Å²) < 4.78 is 11.0. The summed E-state index contributed by atoms with van der Waals surface area (Å²) in [5, 5.41) is 5.13. The Kier molecular flexibility index (Phi) is 2.72. The van der Waals surface area contributed by atoms with Crippen LogP contribution in [0.5, 0.6) is 0 Å². The van der Waals surface area contributed by atoms with Crippen LogP contribution in [0.1, 0.15) is 12.8 Å². The fourth-order valence-corrected chi connectivity index (χ4v) is 1.99. The zero-order valence-corrected chi connectivity index (χ0v) is 8.16. The average molecular weight is 190 g/mol. The molecule has 4 nitrogen and oxygen atoms in total. The van der Waals surface area contributed by atoms with Gasteiger partial charge in [-0.15, -0.1) is 0 Å². The van der Waals surface area contributed by atoms with E-state index >= 15 is 0 Å². The van der Waals surface area contributed by atoms with Gasteiger partial charge in [0.1, 0.15) is 0 Å². The Hall–Kier alpha value is -0.580. The molecular formula is C7H14N2O2S. The van der Waals surface area contributed by atoms with Crippen LogP contribution in [0.3, 0.4) is 0 Å². The highest BCUT2D eigenvalue weighted by atomic mass is 32.2. The average Bonchev–Trinajstić information content (AvgIpc) is 2.81. The van der Waals surface area contributed by atoms with Crippen LogP contribution in [0.2, 0.25) is 0 Å². The topological polar surface area (TPSA) is 58.2 Å². The second-order valence-electron chi connectivity index (χ2n) is 3.07. The number of amides is 2. The van der Waals surface area contributed by atoms with E-state index in [1.54, 1.807) is 13.3 Å². The van der Waals surface area contributed by atoms with Crippen molar-refractivity contribution in [2.45, 2.75) is 17.6 Å². The van der Waals surface area contributed by atoms with Crippen molar-refractivity contribution in [2.24, 2.45) is 0 Å². The van der Waals surface area contributed by atoms with Crippen LogP contribution in [0, 0.1) is 0 Å². The lowest BCUT2D eigenvalue weighted by molar-refractivity contribution is 0.242. The summed E-state index contributed by atoms with van der Waals surface area (Å²) in [6, 6.07) is -0.202. The van der Waals surface area contributed by atoms with Gasteiger partial charge in [-0.1, -0.05) is 0 Å². The Morgan fingerprint density at radius 2 is 2.17 bits per heavy atom. The van der Waals surface area contributed by atoms with Gasteiger partial charge in [0.25, 0.3) is 0 Å². The van der Waals surface area contributed by atoms with Crippen molar-refractivity contribution >= 4 is 16.8 Å². The minimum Gasteiger partial charge on any atom is -0.341 e. The second kappa shape index (κ2) is 3.43. The Balaban J connectivity index is 2.32. The van der Waals surface area contributed by atoms with E-state index in [9.17, 15) is 9.00 Å². The van der Waals surface area contributed by atoms with Crippen LogP contribution in [0.4, 0.5) is 4.79 Å². The van der Waals surface area contributed by atoms with Crippen molar-refractivity contribution < 1.29 is 9.00 Å². The van der Waals surface area contributed by atoms with Gasteiger partial charge in [-0.2, -0.15) is 0 Å². The van der Waals surface area contributed by atoms with E-state index in [1.807, 2.05) is 0 Å². The first-order valence-electron chi connectivity index (χ1n) is 3.90. The third-order valence-corrected chi connectivity index (χ3v) is 3.99. The molecule has 0 heterocycles. The first kappa shape index (κ1) is 9.51. The lowest BCUT2D eigenvalue weighted by Gasteiger charge is -2.12. The highest BCUT2D eigenvalue weighted by Crippen LogP contribution is 2.40. The van der Waals surface area contributed by atoms with E-state index in [0.29, 0.717) is 6.54 Å². The van der Waals surface area contributed by atoms with Crippen molar-refractivity contribution in [3.8, 4) is 0 Å². The molecule has 0 aliphatic heterocycles. The summed E-state index contributed by atoms with van der Waals surface area (Å²) in [7, 11) is 0.742. The minimum absolute atomic E-state index is 0.119. The normalized spacial score (nSPS) is 21.2. The number of hydrogen-bond acceptors (Lipinski definition) is 2. The van der Waals surface area contributed by atoms with Gasteiger partial charge in [0, 0.05) is 30.6 Å². The molecule has 12 heavy (non-hydrogen) atoms. The van der Waals surface area contributed by atoms with Crippen molar-refractivity contribution in [1.82, 2.24) is 10.6 Å². The molecule has 0 spiro atoms. The van der Waals surface area contributed by atoms with Crippen LogP contribution in [-0.4, -0.2) is 34.8 Å². The molecule has 1 rings (SSSR count). The number of carbonyl (C=O) groups excluding carboxylic acids is 1. The molecule has 0 radical (unpaired) electrons. The number of hydrogen-bond donors (Lipinski definition) is 2. The molecule has 0 aromatic heterocycles. The number of carbonyl (C=O) groups is 1. The van der Waals surface area contributed by atoms with Crippen molar-refractivity contribution in [3.05, 3.63) is 0 Å². The molecule has 1 saturated carbocycles. The predicted octanol–water partition coefficient (Wildman–Crippen LogP) is -0.174. The van der Waals surface area contributed by atoms with Gasteiger partial charge in [-0.05, 0) is 12.8 Å². The van der Waals surface area contributed by atoms with E-state index in [4.69, 9.17) is 0 Å². The van der Waals surface area contributed by atoms with E-state index in [2.05, 4.69) is 10.6 Å². The van der Waals surface area contributed by atoms with Crippen LogP contribution < -0.4 is 10.6 Å². The molecule has 1 unspecified atom stereocenters. The standard InChI is InChI=1S/C7H14N2O2S/c1-8-6(10)9-5-7(3-4-7)12(2)11/h3-5H2,1-2H3,(H2,8,9,10). The zero-order valence-electron chi connectivity index (χ0n) is 7.35. The highest BCUT2D eigenvalue weighted by Gasteiger charge is 2.46. The van der Waals surface area contributed by atoms with E-state index in [0.717, 1.165) is 12.8 Å². The van der Waals surface area contributed by atoms with Gasteiger partial charge in [-0.25, -0.2) is 4.79 Å². The molecule has 0 aromatic rings. The van der Waals surface area contributed by atoms with Crippen LogP contribution >= 0.6 is 0 Å². The Bertz CT molecular complexity index is 213. The maximum absolute atomic E-state index is 11.2. The van der Waals surface area contributed by atoms with Gasteiger partial charge in [0.15, 0.2) is 0 Å². The smallest absolute Gasteiger partial charge is 0.314 e. The second-order valence-corrected chi connectivity index (χ2v) is 4.84. The van der Waals surface area contributed by atoms with E-state index in [1.165, 1.54) is 0 Å². The Morgan fingerprint density at radius 3 is 2.50 bits per heavy atom. The molecule has 2 amide bonds. The molecule has 5 heteroatoms. The molecule has 2 N–H and O–H groups in total. The summed E-state index contributed by atoms with van der Waals surface area (Å²) in [6.45, 7) is 0.524. The third kappa shape index (κ3) is 1.97. The quantitative estimate of drug-likeness (QED) is 0.649.